The third-order valence-corrected chi connectivity index (χ3v) is 4.45. The zero-order chi connectivity index (χ0) is 17.4. The van der Waals surface area contributed by atoms with E-state index >= 15 is 0 Å². The Morgan fingerprint density at radius 3 is 2.71 bits per heavy atom. The quantitative estimate of drug-likeness (QED) is 0.847. The first-order valence-corrected chi connectivity index (χ1v) is 7.74. The topological polar surface area (TPSA) is 47.4 Å². The zero-order valence-corrected chi connectivity index (χ0v) is 13.8. The van der Waals surface area contributed by atoms with E-state index in [2.05, 4.69) is 5.10 Å². The third-order valence-electron chi connectivity index (χ3n) is 4.45. The first-order valence-electron chi connectivity index (χ1n) is 7.74. The van der Waals surface area contributed by atoms with Crippen LogP contribution in [0, 0.1) is 25.5 Å². The van der Waals surface area contributed by atoms with Crippen molar-refractivity contribution < 1.29 is 18.3 Å². The minimum absolute atomic E-state index is 0.137. The molecule has 1 aliphatic rings. The van der Waals surface area contributed by atoms with Gasteiger partial charge in [-0.25, -0.2) is 8.78 Å². The summed E-state index contributed by atoms with van der Waals surface area (Å²) in [5.41, 5.74) is 2.51. The molecule has 5 nitrogen and oxygen atoms in total. The fraction of sp³-hybridized carbons (Fsp3) is 0.412. The van der Waals surface area contributed by atoms with Crippen LogP contribution in [0.3, 0.4) is 0 Å². The highest BCUT2D eigenvalue weighted by Gasteiger charge is 2.33. The van der Waals surface area contributed by atoms with Gasteiger partial charge >= 0.3 is 0 Å². The van der Waals surface area contributed by atoms with Crippen LogP contribution in [-0.2, 0) is 11.8 Å². The first-order chi connectivity index (χ1) is 11.4. The Morgan fingerprint density at radius 2 is 2.08 bits per heavy atom. The minimum Gasteiger partial charge on any atom is -0.377 e. The van der Waals surface area contributed by atoms with Gasteiger partial charge in [0.2, 0.25) is 0 Å². The minimum atomic E-state index is -0.857. The van der Waals surface area contributed by atoms with Gasteiger partial charge in [-0.15, -0.1) is 0 Å². The van der Waals surface area contributed by atoms with Crippen LogP contribution in [0.4, 0.5) is 8.78 Å². The Kier molecular flexibility index (Phi) is 4.36. The summed E-state index contributed by atoms with van der Waals surface area (Å²) >= 11 is 0. The monoisotopic (exact) mass is 335 g/mol. The van der Waals surface area contributed by atoms with Crippen LogP contribution in [0.25, 0.3) is 0 Å². The zero-order valence-electron chi connectivity index (χ0n) is 13.8. The SMILES string of the molecule is Cc1nn(C)c(C)c1C1COCCN1C(=O)c1ccc(F)cc1F. The summed E-state index contributed by atoms with van der Waals surface area (Å²) in [5.74, 6) is -2.03. The Labute approximate surface area is 138 Å². The fourth-order valence-electron chi connectivity index (χ4n) is 3.18. The van der Waals surface area contributed by atoms with Gasteiger partial charge in [0.1, 0.15) is 11.6 Å². The van der Waals surface area contributed by atoms with E-state index in [4.69, 9.17) is 4.74 Å². The maximum absolute atomic E-state index is 14.0. The highest BCUT2D eigenvalue weighted by atomic mass is 19.1. The van der Waals surface area contributed by atoms with E-state index in [0.717, 1.165) is 29.1 Å². The molecule has 1 aromatic carbocycles. The molecule has 3 rings (SSSR count). The van der Waals surface area contributed by atoms with Gasteiger partial charge in [0, 0.05) is 30.9 Å². The summed E-state index contributed by atoms with van der Waals surface area (Å²) in [7, 11) is 1.83. The lowest BCUT2D eigenvalue weighted by molar-refractivity contribution is -0.00328. The molecular formula is C17H19F2N3O2. The highest BCUT2D eigenvalue weighted by Crippen LogP contribution is 2.30. The maximum atomic E-state index is 14.0. The summed E-state index contributed by atoms with van der Waals surface area (Å²) < 4.78 is 34.4. The molecule has 1 unspecified atom stereocenters. The number of amides is 1. The van der Waals surface area contributed by atoms with Crippen LogP contribution in [0.2, 0.25) is 0 Å². The van der Waals surface area contributed by atoms with Crippen molar-refractivity contribution in [2.45, 2.75) is 19.9 Å². The molecule has 0 radical (unpaired) electrons. The van der Waals surface area contributed by atoms with Gasteiger partial charge in [-0.05, 0) is 26.0 Å². The van der Waals surface area contributed by atoms with Crippen molar-refractivity contribution in [2.75, 3.05) is 19.8 Å². The molecule has 0 saturated carbocycles. The number of halogens is 2. The highest BCUT2D eigenvalue weighted by molar-refractivity contribution is 5.94. The lowest BCUT2D eigenvalue weighted by Crippen LogP contribution is -2.44. The van der Waals surface area contributed by atoms with Crippen molar-refractivity contribution in [3.8, 4) is 0 Å². The van der Waals surface area contributed by atoms with Crippen molar-refractivity contribution in [1.82, 2.24) is 14.7 Å². The van der Waals surface area contributed by atoms with E-state index in [9.17, 15) is 13.6 Å². The number of morpholine rings is 1. The number of nitrogens with zero attached hydrogens (tertiary/aromatic N) is 3. The summed E-state index contributed by atoms with van der Waals surface area (Å²) in [6.45, 7) is 4.84. The van der Waals surface area contributed by atoms with E-state index in [1.807, 2.05) is 20.9 Å². The molecule has 1 fully saturated rings. The molecule has 0 bridgehead atoms. The van der Waals surface area contributed by atoms with Crippen LogP contribution in [0.15, 0.2) is 18.2 Å². The van der Waals surface area contributed by atoms with Crippen LogP contribution in [-0.4, -0.2) is 40.3 Å². The first kappa shape index (κ1) is 16.6. The van der Waals surface area contributed by atoms with Crippen molar-refractivity contribution in [3.05, 3.63) is 52.3 Å². The Balaban J connectivity index is 1.99. The van der Waals surface area contributed by atoms with Crippen LogP contribution < -0.4 is 0 Å². The van der Waals surface area contributed by atoms with Gasteiger partial charge in [0.15, 0.2) is 0 Å². The van der Waals surface area contributed by atoms with Gasteiger partial charge < -0.3 is 9.64 Å². The number of benzene rings is 1. The molecular weight excluding hydrogens is 316 g/mol. The Morgan fingerprint density at radius 1 is 1.33 bits per heavy atom. The van der Waals surface area contributed by atoms with Gasteiger partial charge in [0.25, 0.3) is 5.91 Å². The lowest BCUT2D eigenvalue weighted by Gasteiger charge is -2.36. The molecule has 1 aliphatic heterocycles. The van der Waals surface area contributed by atoms with Crippen LogP contribution in [0.1, 0.15) is 33.4 Å². The van der Waals surface area contributed by atoms with Gasteiger partial charge in [-0.1, -0.05) is 0 Å². The van der Waals surface area contributed by atoms with Gasteiger partial charge in [-0.2, -0.15) is 5.10 Å². The molecule has 1 saturated heterocycles. The normalized spacial score (nSPS) is 18.0. The van der Waals surface area contributed by atoms with Crippen molar-refractivity contribution >= 4 is 5.91 Å². The second-order valence-electron chi connectivity index (χ2n) is 5.92. The van der Waals surface area contributed by atoms with E-state index < -0.39 is 17.5 Å². The summed E-state index contributed by atoms with van der Waals surface area (Å²) in [6.07, 6.45) is 0. The number of ether oxygens (including phenoxy) is 1. The van der Waals surface area contributed by atoms with Crippen molar-refractivity contribution in [2.24, 2.45) is 7.05 Å². The molecule has 0 N–H and O–H groups in total. The molecule has 7 heteroatoms. The predicted molar refractivity (Wildman–Crippen MR) is 83.6 cm³/mol. The maximum Gasteiger partial charge on any atom is 0.257 e. The van der Waals surface area contributed by atoms with E-state index in [1.54, 1.807) is 9.58 Å². The summed E-state index contributed by atoms with van der Waals surface area (Å²) in [5, 5.41) is 4.38. The van der Waals surface area contributed by atoms with Gasteiger partial charge in [0.05, 0.1) is 30.5 Å². The standard InChI is InChI=1S/C17H19F2N3O2/c1-10-16(11(2)21(3)20-10)15-9-24-7-6-22(15)17(23)13-5-4-12(18)8-14(13)19/h4-5,8,15H,6-7,9H2,1-3H3. The van der Waals surface area contributed by atoms with Gasteiger partial charge in [-0.3, -0.25) is 9.48 Å². The molecule has 24 heavy (non-hydrogen) atoms. The molecule has 1 atom stereocenters. The second-order valence-corrected chi connectivity index (χ2v) is 5.92. The number of carbonyl (C=O) groups is 1. The number of hydrogen-bond donors (Lipinski definition) is 0. The average Bonchev–Trinajstić information content (AvgIpc) is 2.79. The number of carbonyl (C=O) groups excluding carboxylic acids is 1. The van der Waals surface area contributed by atoms with E-state index in [0.29, 0.717) is 19.8 Å². The van der Waals surface area contributed by atoms with Crippen molar-refractivity contribution in [3.63, 3.8) is 0 Å². The molecule has 0 aliphatic carbocycles. The smallest absolute Gasteiger partial charge is 0.257 e. The number of rotatable bonds is 2. The molecule has 1 aromatic heterocycles. The molecule has 128 valence electrons. The number of aryl methyl sites for hydroxylation is 2. The average molecular weight is 335 g/mol. The lowest BCUT2D eigenvalue weighted by atomic mass is 10.0. The molecule has 2 heterocycles. The summed E-state index contributed by atoms with van der Waals surface area (Å²) in [6, 6.07) is 2.65. The largest absolute Gasteiger partial charge is 0.377 e. The summed E-state index contributed by atoms with van der Waals surface area (Å²) in [4.78, 5) is 14.4. The van der Waals surface area contributed by atoms with E-state index in [1.165, 1.54) is 6.07 Å². The van der Waals surface area contributed by atoms with Crippen molar-refractivity contribution in [1.29, 1.82) is 0 Å². The van der Waals surface area contributed by atoms with E-state index in [-0.39, 0.29) is 11.6 Å². The predicted octanol–water partition coefficient (Wildman–Crippen LogP) is 2.53. The number of hydrogen-bond acceptors (Lipinski definition) is 3. The third kappa shape index (κ3) is 2.80. The van der Waals surface area contributed by atoms with Crippen LogP contribution >= 0.6 is 0 Å². The molecule has 1 amide bonds. The Hall–Kier alpha value is -2.28. The molecule has 0 spiro atoms. The number of aromatic nitrogens is 2. The fourth-order valence-corrected chi connectivity index (χ4v) is 3.18. The Bertz CT molecular complexity index is 788. The second kappa shape index (κ2) is 6.32. The van der Waals surface area contributed by atoms with Crippen LogP contribution in [0.5, 0.6) is 0 Å². The molecule has 2 aromatic rings.